The van der Waals surface area contributed by atoms with E-state index in [-0.39, 0.29) is 23.5 Å². The third-order valence-corrected chi connectivity index (χ3v) is 3.50. The molecule has 0 aromatic carbocycles. The molecule has 122 valence electrons. The van der Waals surface area contributed by atoms with E-state index in [0.717, 1.165) is 25.9 Å². The summed E-state index contributed by atoms with van der Waals surface area (Å²) < 4.78 is 0. The Hall–Kier alpha value is -1.14. The van der Waals surface area contributed by atoms with Crippen LogP contribution in [0.15, 0.2) is 0 Å². The predicted molar refractivity (Wildman–Crippen MR) is 84.2 cm³/mol. The molecule has 1 rings (SSSR count). The lowest BCUT2D eigenvalue weighted by Gasteiger charge is -2.34. The van der Waals surface area contributed by atoms with Gasteiger partial charge in [0.2, 0.25) is 5.91 Å². The second-order valence-corrected chi connectivity index (χ2v) is 7.16. The van der Waals surface area contributed by atoms with Gasteiger partial charge in [-0.05, 0) is 40.5 Å². The third-order valence-electron chi connectivity index (χ3n) is 3.50. The number of hydrogen-bond donors (Lipinski definition) is 3. The highest BCUT2D eigenvalue weighted by Gasteiger charge is 2.33. The number of imide groups is 1. The van der Waals surface area contributed by atoms with Crippen LogP contribution in [0.25, 0.3) is 0 Å². The van der Waals surface area contributed by atoms with Gasteiger partial charge in [-0.25, -0.2) is 4.79 Å². The van der Waals surface area contributed by atoms with E-state index in [2.05, 4.69) is 48.5 Å². The number of hydrogen-bond acceptors (Lipinski definition) is 4. The van der Waals surface area contributed by atoms with Gasteiger partial charge >= 0.3 is 6.03 Å². The number of carbonyl (C=O) groups is 2. The Bertz CT molecular complexity index is 380. The van der Waals surface area contributed by atoms with Crippen LogP contribution in [-0.2, 0) is 4.79 Å². The van der Waals surface area contributed by atoms with Crippen molar-refractivity contribution in [2.45, 2.75) is 58.5 Å². The number of rotatable bonds is 4. The number of urea groups is 1. The minimum Gasteiger partial charge on any atom is -0.338 e. The van der Waals surface area contributed by atoms with Crippen LogP contribution >= 0.6 is 0 Å². The zero-order valence-electron chi connectivity index (χ0n) is 14.0. The normalized spacial score (nSPS) is 21.4. The lowest BCUT2D eigenvalue weighted by atomic mass is 9.96. The molecule has 1 heterocycles. The summed E-state index contributed by atoms with van der Waals surface area (Å²) in [6, 6.07) is -0.408. The fraction of sp³-hybridized carbons (Fsp3) is 0.867. The molecular weight excluding hydrogens is 268 g/mol. The van der Waals surface area contributed by atoms with Gasteiger partial charge in [0.05, 0.1) is 6.54 Å². The first-order valence-electron chi connectivity index (χ1n) is 7.73. The molecule has 1 aliphatic rings. The Morgan fingerprint density at radius 2 is 1.86 bits per heavy atom. The minimum absolute atomic E-state index is 0.0488. The largest absolute Gasteiger partial charge is 0.338 e. The topological polar surface area (TPSA) is 73.5 Å². The lowest BCUT2D eigenvalue weighted by molar-refractivity contribution is -0.121. The van der Waals surface area contributed by atoms with Crippen molar-refractivity contribution in [2.24, 2.45) is 0 Å². The summed E-state index contributed by atoms with van der Waals surface area (Å²) in [7, 11) is 0. The van der Waals surface area contributed by atoms with Crippen LogP contribution in [0.5, 0.6) is 0 Å². The summed E-state index contributed by atoms with van der Waals surface area (Å²) in [5.41, 5.74) is -0.0159. The molecule has 0 bridgehead atoms. The number of nitrogens with zero attached hydrogens (tertiary/aromatic N) is 1. The van der Waals surface area contributed by atoms with Crippen LogP contribution in [0.1, 0.15) is 47.5 Å². The molecule has 6 nitrogen and oxygen atoms in total. The van der Waals surface area contributed by atoms with Gasteiger partial charge < -0.3 is 10.6 Å². The number of carbonyl (C=O) groups excluding carboxylic acids is 2. The first-order valence-corrected chi connectivity index (χ1v) is 7.73. The molecule has 1 fully saturated rings. The summed E-state index contributed by atoms with van der Waals surface area (Å²) in [5, 5.41) is 8.63. The molecular formula is C15H30N4O2. The molecule has 6 heteroatoms. The molecule has 0 unspecified atom stereocenters. The minimum atomic E-state index is -0.408. The molecule has 21 heavy (non-hydrogen) atoms. The van der Waals surface area contributed by atoms with Crippen molar-refractivity contribution >= 4 is 11.9 Å². The van der Waals surface area contributed by atoms with E-state index in [1.54, 1.807) is 0 Å². The van der Waals surface area contributed by atoms with E-state index in [0.29, 0.717) is 6.54 Å². The van der Waals surface area contributed by atoms with E-state index in [1.807, 2.05) is 6.92 Å². The Morgan fingerprint density at radius 1 is 1.19 bits per heavy atom. The van der Waals surface area contributed by atoms with Gasteiger partial charge in [0.15, 0.2) is 0 Å². The highest BCUT2D eigenvalue weighted by atomic mass is 16.2. The lowest BCUT2D eigenvalue weighted by Crippen LogP contribution is -2.54. The number of nitrogens with one attached hydrogen (secondary N) is 3. The second kappa shape index (κ2) is 7.22. The molecule has 0 aliphatic carbocycles. The maximum Gasteiger partial charge on any atom is 0.321 e. The summed E-state index contributed by atoms with van der Waals surface area (Å²) in [4.78, 5) is 25.5. The monoisotopic (exact) mass is 298 g/mol. The average molecular weight is 298 g/mol. The van der Waals surface area contributed by atoms with E-state index >= 15 is 0 Å². The van der Waals surface area contributed by atoms with Crippen molar-refractivity contribution in [3.63, 3.8) is 0 Å². The standard InChI is InChI=1S/C15H30N4O2/c1-6-8-16-13(21)17-12(20)10-19-9-7-14(2,3)18-15(4,5)11-19/h18H,6-11H2,1-5H3,(H2,16,17,20,21). The fourth-order valence-corrected chi connectivity index (χ4v) is 2.88. The molecule has 0 spiro atoms. The predicted octanol–water partition coefficient (Wildman–Crippen LogP) is 1.07. The van der Waals surface area contributed by atoms with Crippen LogP contribution in [0, 0.1) is 0 Å². The molecule has 3 N–H and O–H groups in total. The Kier molecular flexibility index (Phi) is 6.16. The second-order valence-electron chi connectivity index (χ2n) is 7.16. The van der Waals surface area contributed by atoms with Crippen LogP contribution < -0.4 is 16.0 Å². The van der Waals surface area contributed by atoms with Crippen LogP contribution in [0.3, 0.4) is 0 Å². The van der Waals surface area contributed by atoms with Gasteiger partial charge in [0.25, 0.3) is 0 Å². The van der Waals surface area contributed by atoms with E-state index in [1.165, 1.54) is 0 Å². The van der Waals surface area contributed by atoms with Crippen molar-refractivity contribution < 1.29 is 9.59 Å². The summed E-state index contributed by atoms with van der Waals surface area (Å²) >= 11 is 0. The maximum absolute atomic E-state index is 11.9. The smallest absolute Gasteiger partial charge is 0.321 e. The zero-order chi connectivity index (χ0) is 16.1. The molecule has 1 aliphatic heterocycles. The van der Waals surface area contributed by atoms with Crippen molar-refractivity contribution in [3.8, 4) is 0 Å². The quantitative estimate of drug-likeness (QED) is 0.726. The molecule has 0 atom stereocenters. The van der Waals surface area contributed by atoms with Crippen molar-refractivity contribution in [2.75, 3.05) is 26.2 Å². The van der Waals surface area contributed by atoms with Gasteiger partial charge in [-0.3, -0.25) is 15.0 Å². The van der Waals surface area contributed by atoms with E-state index < -0.39 is 6.03 Å². The third kappa shape index (κ3) is 6.91. The fourth-order valence-electron chi connectivity index (χ4n) is 2.88. The van der Waals surface area contributed by atoms with E-state index in [4.69, 9.17) is 0 Å². The van der Waals surface area contributed by atoms with Crippen molar-refractivity contribution in [1.29, 1.82) is 0 Å². The maximum atomic E-state index is 11.9. The highest BCUT2D eigenvalue weighted by molar-refractivity contribution is 5.95. The van der Waals surface area contributed by atoms with Crippen LogP contribution in [0.4, 0.5) is 4.79 Å². The van der Waals surface area contributed by atoms with Crippen LogP contribution in [0.2, 0.25) is 0 Å². The SMILES string of the molecule is CCCNC(=O)NC(=O)CN1CCC(C)(C)NC(C)(C)C1. The van der Waals surface area contributed by atoms with Gasteiger partial charge in [-0.2, -0.15) is 0 Å². The highest BCUT2D eigenvalue weighted by Crippen LogP contribution is 2.20. The van der Waals surface area contributed by atoms with Crippen molar-refractivity contribution in [3.05, 3.63) is 0 Å². The van der Waals surface area contributed by atoms with Crippen molar-refractivity contribution in [1.82, 2.24) is 20.9 Å². The first-order chi connectivity index (χ1) is 9.63. The number of amides is 3. The van der Waals surface area contributed by atoms with Crippen LogP contribution in [-0.4, -0.2) is 54.1 Å². The van der Waals surface area contributed by atoms with Gasteiger partial charge in [-0.1, -0.05) is 6.92 Å². The molecule has 3 amide bonds. The van der Waals surface area contributed by atoms with E-state index in [9.17, 15) is 9.59 Å². The molecule has 0 radical (unpaired) electrons. The summed E-state index contributed by atoms with van der Waals surface area (Å²) in [6.07, 6.45) is 1.81. The molecule has 1 saturated heterocycles. The molecule has 0 aromatic rings. The molecule has 0 aromatic heterocycles. The van der Waals surface area contributed by atoms with Gasteiger partial charge in [0.1, 0.15) is 0 Å². The van der Waals surface area contributed by atoms with Gasteiger partial charge in [0, 0.05) is 30.7 Å². The summed E-state index contributed by atoms with van der Waals surface area (Å²) in [5.74, 6) is -0.251. The Labute approximate surface area is 128 Å². The Balaban J connectivity index is 2.50. The van der Waals surface area contributed by atoms with Gasteiger partial charge in [-0.15, -0.1) is 0 Å². The average Bonchev–Trinajstić information content (AvgIpc) is 2.41. The first kappa shape index (κ1) is 17.9. The molecule has 0 saturated carbocycles. The Morgan fingerprint density at radius 3 is 2.48 bits per heavy atom. The zero-order valence-corrected chi connectivity index (χ0v) is 14.0. The summed E-state index contributed by atoms with van der Waals surface area (Å²) in [6.45, 7) is 13.0.